The van der Waals surface area contributed by atoms with Gasteiger partial charge < -0.3 is 5.11 Å². The summed E-state index contributed by atoms with van der Waals surface area (Å²) in [6, 6.07) is 0. The van der Waals surface area contributed by atoms with Crippen LogP contribution in [0, 0.1) is 0 Å². The highest BCUT2D eigenvalue weighted by molar-refractivity contribution is 7.09. The smallest absolute Gasteiger partial charge is 0.0797 e. The molecule has 0 aromatic carbocycles. The third kappa shape index (κ3) is 1.19. The molecule has 1 aromatic heterocycles. The van der Waals surface area contributed by atoms with Gasteiger partial charge in [-0.05, 0) is 19.3 Å². The Labute approximate surface area is 69.9 Å². The second kappa shape index (κ2) is 2.91. The van der Waals surface area contributed by atoms with Crippen molar-refractivity contribution < 1.29 is 5.11 Å². The lowest BCUT2D eigenvalue weighted by molar-refractivity contribution is 0.254. The van der Waals surface area contributed by atoms with Gasteiger partial charge in [-0.3, -0.25) is 0 Å². The monoisotopic (exact) mass is 169 g/mol. The highest BCUT2D eigenvalue weighted by Gasteiger charge is 2.21. The molecule has 0 aliphatic heterocycles. The molecule has 1 N–H and O–H groups in total. The number of aromatic nitrogens is 1. The van der Waals surface area contributed by atoms with Crippen LogP contribution >= 0.6 is 11.3 Å². The molecule has 1 unspecified atom stereocenters. The molecule has 0 saturated heterocycles. The Morgan fingerprint density at radius 2 is 2.64 bits per heavy atom. The second-order valence-electron chi connectivity index (χ2n) is 2.94. The van der Waals surface area contributed by atoms with E-state index in [1.165, 1.54) is 17.0 Å². The topological polar surface area (TPSA) is 33.1 Å². The van der Waals surface area contributed by atoms with Crippen LogP contribution in [0.25, 0.3) is 0 Å². The van der Waals surface area contributed by atoms with E-state index in [1.54, 1.807) is 11.3 Å². The zero-order valence-corrected chi connectivity index (χ0v) is 7.10. The number of hydrogen-bond donors (Lipinski definition) is 1. The van der Waals surface area contributed by atoms with Crippen molar-refractivity contribution in [3.63, 3.8) is 0 Å². The van der Waals surface area contributed by atoms with E-state index in [1.807, 2.05) is 5.51 Å². The minimum Gasteiger partial charge on any atom is -0.396 e. The molecule has 11 heavy (non-hydrogen) atoms. The molecule has 0 fully saturated rings. The van der Waals surface area contributed by atoms with Crippen molar-refractivity contribution in [1.29, 1.82) is 0 Å². The molecule has 0 spiro atoms. The molecule has 0 radical (unpaired) electrons. The van der Waals surface area contributed by atoms with Gasteiger partial charge >= 0.3 is 0 Å². The molecular weight excluding hydrogens is 158 g/mol. The predicted molar refractivity (Wildman–Crippen MR) is 44.9 cm³/mol. The average Bonchev–Trinajstić information content (AvgIpc) is 2.50. The number of aryl methyl sites for hydroxylation is 1. The SMILES string of the molecule is OCC1CCCc2ncsc21. The first kappa shape index (κ1) is 7.25. The van der Waals surface area contributed by atoms with Crippen LogP contribution in [0.15, 0.2) is 5.51 Å². The molecule has 2 rings (SSSR count). The van der Waals surface area contributed by atoms with E-state index in [2.05, 4.69) is 4.98 Å². The minimum absolute atomic E-state index is 0.287. The van der Waals surface area contributed by atoms with Gasteiger partial charge in [0.2, 0.25) is 0 Å². The van der Waals surface area contributed by atoms with Gasteiger partial charge in [-0.2, -0.15) is 0 Å². The summed E-state index contributed by atoms with van der Waals surface area (Å²) in [4.78, 5) is 5.58. The average molecular weight is 169 g/mol. The van der Waals surface area contributed by atoms with Crippen molar-refractivity contribution in [2.75, 3.05) is 6.61 Å². The van der Waals surface area contributed by atoms with Crippen LogP contribution in [0.5, 0.6) is 0 Å². The zero-order chi connectivity index (χ0) is 7.68. The maximum Gasteiger partial charge on any atom is 0.0797 e. The molecule has 2 nitrogen and oxygen atoms in total. The van der Waals surface area contributed by atoms with Gasteiger partial charge in [0.05, 0.1) is 17.8 Å². The van der Waals surface area contributed by atoms with Gasteiger partial charge in [-0.25, -0.2) is 4.98 Å². The first-order valence-electron chi connectivity index (χ1n) is 3.95. The quantitative estimate of drug-likeness (QED) is 0.692. The van der Waals surface area contributed by atoms with Crippen molar-refractivity contribution in [3.8, 4) is 0 Å². The number of thiazole rings is 1. The van der Waals surface area contributed by atoms with Crippen LogP contribution in [-0.4, -0.2) is 16.7 Å². The Hall–Kier alpha value is -0.410. The normalized spacial score (nSPS) is 23.2. The maximum atomic E-state index is 9.04. The van der Waals surface area contributed by atoms with Crippen molar-refractivity contribution in [3.05, 3.63) is 16.1 Å². The number of aliphatic hydroxyl groups excluding tert-OH is 1. The number of aliphatic hydroxyl groups is 1. The Morgan fingerprint density at radius 3 is 3.45 bits per heavy atom. The number of hydrogen-bond acceptors (Lipinski definition) is 3. The van der Waals surface area contributed by atoms with Gasteiger partial charge in [-0.1, -0.05) is 0 Å². The molecule has 60 valence electrons. The standard InChI is InChI=1S/C8H11NOS/c10-4-6-2-1-3-7-8(6)11-5-9-7/h5-6,10H,1-4H2. The highest BCUT2D eigenvalue weighted by Crippen LogP contribution is 2.33. The summed E-state index contributed by atoms with van der Waals surface area (Å²) in [5, 5.41) is 9.04. The molecule has 1 aliphatic rings. The summed E-state index contributed by atoms with van der Waals surface area (Å²) >= 11 is 1.69. The Morgan fingerprint density at radius 1 is 1.73 bits per heavy atom. The van der Waals surface area contributed by atoms with Crippen LogP contribution in [-0.2, 0) is 6.42 Å². The summed E-state index contributed by atoms with van der Waals surface area (Å²) in [6.07, 6.45) is 3.42. The highest BCUT2D eigenvalue weighted by atomic mass is 32.1. The van der Waals surface area contributed by atoms with Gasteiger partial charge in [0.25, 0.3) is 0 Å². The minimum atomic E-state index is 0.287. The van der Waals surface area contributed by atoms with Crippen LogP contribution in [0.2, 0.25) is 0 Å². The molecular formula is C8H11NOS. The summed E-state index contributed by atoms with van der Waals surface area (Å²) in [6.45, 7) is 0.287. The number of rotatable bonds is 1. The largest absolute Gasteiger partial charge is 0.396 e. The summed E-state index contributed by atoms with van der Waals surface area (Å²) in [5.41, 5.74) is 3.11. The Kier molecular flexibility index (Phi) is 1.92. The third-order valence-corrected chi connectivity index (χ3v) is 3.26. The van der Waals surface area contributed by atoms with E-state index < -0.39 is 0 Å². The Balaban J connectivity index is 2.32. The summed E-state index contributed by atoms with van der Waals surface area (Å²) in [5.74, 6) is 0.381. The van der Waals surface area contributed by atoms with E-state index in [0.717, 1.165) is 12.8 Å². The van der Waals surface area contributed by atoms with E-state index in [4.69, 9.17) is 5.11 Å². The van der Waals surface area contributed by atoms with Gasteiger partial charge in [-0.15, -0.1) is 11.3 Å². The molecule has 1 aromatic rings. The molecule has 0 saturated carbocycles. The lowest BCUT2D eigenvalue weighted by Crippen LogP contribution is -2.10. The number of nitrogens with zero attached hydrogens (tertiary/aromatic N) is 1. The summed E-state index contributed by atoms with van der Waals surface area (Å²) < 4.78 is 0. The van der Waals surface area contributed by atoms with Gasteiger partial charge in [0, 0.05) is 10.8 Å². The van der Waals surface area contributed by atoms with Crippen molar-refractivity contribution in [2.24, 2.45) is 0 Å². The first-order valence-corrected chi connectivity index (χ1v) is 4.83. The predicted octanol–water partition coefficient (Wildman–Crippen LogP) is 1.56. The van der Waals surface area contributed by atoms with Gasteiger partial charge in [0.15, 0.2) is 0 Å². The molecule has 1 heterocycles. The van der Waals surface area contributed by atoms with Crippen LogP contribution < -0.4 is 0 Å². The molecule has 0 amide bonds. The molecule has 3 heteroatoms. The lowest BCUT2D eigenvalue weighted by atomic mass is 9.93. The van der Waals surface area contributed by atoms with Crippen molar-refractivity contribution in [2.45, 2.75) is 25.2 Å². The van der Waals surface area contributed by atoms with Gasteiger partial charge in [0.1, 0.15) is 0 Å². The van der Waals surface area contributed by atoms with E-state index in [9.17, 15) is 0 Å². The van der Waals surface area contributed by atoms with Crippen molar-refractivity contribution >= 4 is 11.3 Å². The zero-order valence-electron chi connectivity index (χ0n) is 6.29. The van der Waals surface area contributed by atoms with E-state index in [0.29, 0.717) is 5.92 Å². The van der Waals surface area contributed by atoms with Crippen LogP contribution in [0.3, 0.4) is 0 Å². The number of fused-ring (bicyclic) bond motifs is 1. The lowest BCUT2D eigenvalue weighted by Gasteiger charge is -2.18. The van der Waals surface area contributed by atoms with E-state index in [-0.39, 0.29) is 6.61 Å². The van der Waals surface area contributed by atoms with E-state index >= 15 is 0 Å². The molecule has 1 aliphatic carbocycles. The van der Waals surface area contributed by atoms with Crippen LogP contribution in [0.1, 0.15) is 29.3 Å². The molecule has 0 bridgehead atoms. The van der Waals surface area contributed by atoms with Crippen molar-refractivity contribution in [1.82, 2.24) is 4.98 Å². The van der Waals surface area contributed by atoms with Crippen LogP contribution in [0.4, 0.5) is 0 Å². The summed E-state index contributed by atoms with van der Waals surface area (Å²) in [7, 11) is 0. The fourth-order valence-corrected chi connectivity index (χ4v) is 2.59. The third-order valence-electron chi connectivity index (χ3n) is 2.23. The Bertz CT molecular complexity index is 246. The maximum absolute atomic E-state index is 9.04. The fourth-order valence-electron chi connectivity index (χ4n) is 1.62. The first-order chi connectivity index (χ1) is 5.42. The molecule has 1 atom stereocenters. The fraction of sp³-hybridized carbons (Fsp3) is 0.625. The second-order valence-corrected chi connectivity index (χ2v) is 3.82.